The van der Waals surface area contributed by atoms with Crippen molar-refractivity contribution >= 4 is 5.91 Å². The molecule has 0 bridgehead atoms. The molecule has 1 saturated heterocycles. The van der Waals surface area contributed by atoms with Crippen molar-refractivity contribution in [1.82, 2.24) is 14.9 Å². The van der Waals surface area contributed by atoms with Crippen LogP contribution >= 0.6 is 0 Å². The summed E-state index contributed by atoms with van der Waals surface area (Å²) < 4.78 is 14.0. The summed E-state index contributed by atoms with van der Waals surface area (Å²) in [6.07, 6.45) is 4.29. The third-order valence-electron chi connectivity index (χ3n) is 5.13. The molecule has 1 amide bonds. The van der Waals surface area contributed by atoms with Gasteiger partial charge in [0.25, 0.3) is 0 Å². The summed E-state index contributed by atoms with van der Waals surface area (Å²) in [7, 11) is 0. The lowest BCUT2D eigenvalue weighted by Crippen LogP contribution is -2.32. The monoisotopic (exact) mass is 375 g/mol. The molecule has 1 aromatic carbocycles. The van der Waals surface area contributed by atoms with Crippen molar-refractivity contribution in [1.29, 1.82) is 0 Å². The lowest BCUT2D eigenvalue weighted by Gasteiger charge is -2.24. The number of pyridine rings is 2. The Bertz CT molecular complexity index is 961. The fourth-order valence-corrected chi connectivity index (χ4v) is 3.75. The highest BCUT2D eigenvalue weighted by atomic mass is 19.1. The molecule has 0 unspecified atom stereocenters. The van der Waals surface area contributed by atoms with E-state index in [0.717, 1.165) is 36.5 Å². The van der Waals surface area contributed by atoms with E-state index in [2.05, 4.69) is 4.98 Å². The van der Waals surface area contributed by atoms with Gasteiger partial charge in [-0.2, -0.15) is 0 Å². The molecule has 2 aromatic heterocycles. The first-order chi connectivity index (χ1) is 13.7. The van der Waals surface area contributed by atoms with E-state index in [4.69, 9.17) is 4.98 Å². The minimum atomic E-state index is -0.220. The summed E-state index contributed by atoms with van der Waals surface area (Å²) in [6, 6.07) is 18.2. The van der Waals surface area contributed by atoms with Crippen LogP contribution in [0.3, 0.4) is 0 Å². The second-order valence-electron chi connectivity index (χ2n) is 7.06. The lowest BCUT2D eigenvalue weighted by atomic mass is 10.1. The summed E-state index contributed by atoms with van der Waals surface area (Å²) >= 11 is 0. The van der Waals surface area contributed by atoms with Crippen LogP contribution in [-0.2, 0) is 17.6 Å². The van der Waals surface area contributed by atoms with Gasteiger partial charge in [-0.05, 0) is 48.7 Å². The Balaban J connectivity index is 1.51. The molecule has 0 aliphatic carbocycles. The van der Waals surface area contributed by atoms with Crippen molar-refractivity contribution in [2.24, 2.45) is 0 Å². The summed E-state index contributed by atoms with van der Waals surface area (Å²) in [4.78, 5) is 23.7. The van der Waals surface area contributed by atoms with Crippen LogP contribution in [0.5, 0.6) is 0 Å². The fourth-order valence-electron chi connectivity index (χ4n) is 3.75. The van der Waals surface area contributed by atoms with E-state index in [1.54, 1.807) is 18.3 Å². The van der Waals surface area contributed by atoms with Crippen LogP contribution in [-0.4, -0.2) is 27.3 Å². The van der Waals surface area contributed by atoms with Gasteiger partial charge in [-0.3, -0.25) is 14.8 Å². The van der Waals surface area contributed by atoms with Crippen LogP contribution in [0.2, 0.25) is 0 Å². The van der Waals surface area contributed by atoms with Crippen LogP contribution in [0.4, 0.5) is 4.39 Å². The smallest absolute Gasteiger partial charge is 0.229 e. The van der Waals surface area contributed by atoms with Crippen molar-refractivity contribution in [2.45, 2.75) is 31.7 Å². The molecule has 142 valence electrons. The lowest BCUT2D eigenvalue weighted by molar-refractivity contribution is -0.131. The molecule has 1 aliphatic heterocycles. The number of aromatic nitrogens is 2. The summed E-state index contributed by atoms with van der Waals surface area (Å²) in [5.74, 6) is -0.148. The van der Waals surface area contributed by atoms with E-state index in [1.165, 1.54) is 6.07 Å². The standard InChI is InChI=1S/C23H22FN3O/c24-20-10-2-1-7-17(20)15-19-9-5-11-21(26-19)22-12-6-14-27(22)23(28)16-18-8-3-4-13-25-18/h1-5,7-11,13,22H,6,12,14-16H2/t22-/m1/s1. The predicted molar refractivity (Wildman–Crippen MR) is 105 cm³/mol. The molecule has 1 atom stereocenters. The Morgan fingerprint density at radius 3 is 2.68 bits per heavy atom. The van der Waals surface area contributed by atoms with E-state index in [0.29, 0.717) is 18.4 Å². The number of halogens is 1. The van der Waals surface area contributed by atoms with Gasteiger partial charge in [-0.15, -0.1) is 0 Å². The van der Waals surface area contributed by atoms with Gasteiger partial charge in [-0.1, -0.05) is 30.3 Å². The van der Waals surface area contributed by atoms with E-state index < -0.39 is 0 Å². The molecule has 0 N–H and O–H groups in total. The van der Waals surface area contributed by atoms with Gasteiger partial charge in [0.2, 0.25) is 5.91 Å². The van der Waals surface area contributed by atoms with E-state index in [1.807, 2.05) is 47.4 Å². The number of nitrogens with zero attached hydrogens (tertiary/aromatic N) is 3. The predicted octanol–water partition coefficient (Wildman–Crippen LogP) is 4.11. The molecule has 5 heteroatoms. The van der Waals surface area contributed by atoms with Crippen molar-refractivity contribution in [3.63, 3.8) is 0 Å². The molecule has 3 heterocycles. The summed E-state index contributed by atoms with van der Waals surface area (Å²) in [5.41, 5.74) is 3.09. The molecule has 0 spiro atoms. The van der Waals surface area contributed by atoms with Gasteiger partial charge in [0.15, 0.2) is 0 Å². The number of carbonyl (C=O) groups is 1. The average molecular weight is 375 g/mol. The first kappa shape index (κ1) is 18.3. The van der Waals surface area contributed by atoms with Crippen molar-refractivity contribution in [3.8, 4) is 0 Å². The number of carbonyl (C=O) groups excluding carboxylic acids is 1. The summed E-state index contributed by atoms with van der Waals surface area (Å²) in [5, 5.41) is 0. The molecule has 4 nitrogen and oxygen atoms in total. The quantitative estimate of drug-likeness (QED) is 0.674. The summed E-state index contributed by atoms with van der Waals surface area (Å²) in [6.45, 7) is 0.732. The van der Waals surface area contributed by atoms with Gasteiger partial charge < -0.3 is 4.90 Å². The second kappa shape index (κ2) is 8.30. The topological polar surface area (TPSA) is 46.1 Å². The number of likely N-dealkylation sites (tertiary alicyclic amines) is 1. The zero-order valence-corrected chi connectivity index (χ0v) is 15.6. The van der Waals surface area contributed by atoms with Crippen molar-refractivity contribution in [3.05, 3.63) is 95.3 Å². The first-order valence-corrected chi connectivity index (χ1v) is 9.59. The van der Waals surface area contributed by atoms with Crippen molar-refractivity contribution < 1.29 is 9.18 Å². The van der Waals surface area contributed by atoms with Crippen LogP contribution in [0, 0.1) is 5.82 Å². The maximum atomic E-state index is 14.0. The Kier molecular flexibility index (Phi) is 5.42. The first-order valence-electron chi connectivity index (χ1n) is 9.59. The van der Waals surface area contributed by atoms with Gasteiger partial charge in [-0.25, -0.2) is 4.39 Å². The van der Waals surface area contributed by atoms with Gasteiger partial charge in [0.1, 0.15) is 5.82 Å². The number of benzene rings is 1. The normalized spacial score (nSPS) is 16.3. The van der Waals surface area contributed by atoms with Gasteiger partial charge in [0.05, 0.1) is 18.2 Å². The van der Waals surface area contributed by atoms with Crippen LogP contribution in [0.15, 0.2) is 66.9 Å². The molecule has 3 aromatic rings. The number of hydrogen-bond acceptors (Lipinski definition) is 3. The molecule has 1 fully saturated rings. The molecule has 0 saturated carbocycles. The number of amides is 1. The highest BCUT2D eigenvalue weighted by Crippen LogP contribution is 2.31. The minimum absolute atomic E-state index is 0.0308. The third-order valence-corrected chi connectivity index (χ3v) is 5.13. The molecule has 28 heavy (non-hydrogen) atoms. The maximum absolute atomic E-state index is 14.0. The molecule has 0 radical (unpaired) electrons. The molecule has 4 rings (SSSR count). The fraction of sp³-hybridized carbons (Fsp3) is 0.261. The van der Waals surface area contributed by atoms with Crippen LogP contribution in [0.1, 0.15) is 41.5 Å². The zero-order valence-electron chi connectivity index (χ0n) is 15.6. The second-order valence-corrected chi connectivity index (χ2v) is 7.06. The van der Waals surface area contributed by atoms with Crippen molar-refractivity contribution in [2.75, 3.05) is 6.54 Å². The van der Waals surface area contributed by atoms with Crippen LogP contribution < -0.4 is 0 Å². The van der Waals surface area contributed by atoms with E-state index in [-0.39, 0.29) is 17.8 Å². The third kappa shape index (κ3) is 4.09. The maximum Gasteiger partial charge on any atom is 0.229 e. The molecule has 1 aliphatic rings. The molecular weight excluding hydrogens is 353 g/mol. The Hall–Kier alpha value is -3.08. The number of rotatable bonds is 5. The minimum Gasteiger partial charge on any atom is -0.334 e. The van der Waals surface area contributed by atoms with Gasteiger partial charge in [0, 0.05) is 30.6 Å². The highest BCUT2D eigenvalue weighted by Gasteiger charge is 2.31. The number of hydrogen-bond donors (Lipinski definition) is 0. The SMILES string of the molecule is O=C(Cc1ccccn1)N1CCC[C@@H]1c1cccc(Cc2ccccc2F)n1. The Morgan fingerprint density at radius 2 is 1.86 bits per heavy atom. The van der Waals surface area contributed by atoms with Crippen LogP contribution in [0.25, 0.3) is 0 Å². The average Bonchev–Trinajstić information content (AvgIpc) is 3.21. The Labute approximate surface area is 164 Å². The molecular formula is C23H22FN3O. The highest BCUT2D eigenvalue weighted by molar-refractivity contribution is 5.79. The van der Waals surface area contributed by atoms with Gasteiger partial charge >= 0.3 is 0 Å². The zero-order chi connectivity index (χ0) is 19.3. The Morgan fingerprint density at radius 1 is 1.04 bits per heavy atom. The van der Waals surface area contributed by atoms with E-state index >= 15 is 0 Å². The largest absolute Gasteiger partial charge is 0.334 e. The van der Waals surface area contributed by atoms with E-state index in [9.17, 15) is 9.18 Å².